The number of carbonyl (C=O) groups excluding carboxylic acids is 1. The van der Waals surface area contributed by atoms with Gasteiger partial charge in [-0.05, 0) is 61.8 Å². The summed E-state index contributed by atoms with van der Waals surface area (Å²) in [5.41, 5.74) is 8.41. The van der Waals surface area contributed by atoms with Gasteiger partial charge in [-0.25, -0.2) is 0 Å². The minimum Gasteiger partial charge on any atom is -0.399 e. The van der Waals surface area contributed by atoms with E-state index >= 15 is 0 Å². The number of anilines is 1. The number of amides is 1. The lowest BCUT2D eigenvalue weighted by Crippen LogP contribution is -2.52. The molecule has 1 heterocycles. The number of nitrogens with zero attached hydrogens (tertiary/aromatic N) is 1. The van der Waals surface area contributed by atoms with E-state index in [1.807, 2.05) is 25.1 Å². The summed E-state index contributed by atoms with van der Waals surface area (Å²) >= 11 is 0. The molecule has 1 amide bonds. The molecule has 3 atom stereocenters. The highest BCUT2D eigenvalue weighted by Gasteiger charge is 2.39. The molecule has 1 aliphatic carbocycles. The first-order valence-corrected chi connectivity index (χ1v) is 8.25. The summed E-state index contributed by atoms with van der Waals surface area (Å²) in [7, 11) is 0. The number of aryl methyl sites for hydroxylation is 1. The maximum Gasteiger partial charge on any atom is 0.254 e. The molecule has 0 aromatic heterocycles. The summed E-state index contributed by atoms with van der Waals surface area (Å²) in [6, 6.07) is 6.12. The lowest BCUT2D eigenvalue weighted by Gasteiger charge is -2.47. The van der Waals surface area contributed by atoms with Crippen LogP contribution >= 0.6 is 0 Å². The van der Waals surface area contributed by atoms with Gasteiger partial charge in [0.1, 0.15) is 0 Å². The van der Waals surface area contributed by atoms with Crippen LogP contribution in [0.1, 0.15) is 54.9 Å². The number of nitrogens with two attached hydrogens (primary N) is 1. The Balaban J connectivity index is 1.84. The number of benzene rings is 1. The Hall–Kier alpha value is -1.51. The van der Waals surface area contributed by atoms with Gasteiger partial charge in [0.05, 0.1) is 0 Å². The van der Waals surface area contributed by atoms with Gasteiger partial charge < -0.3 is 10.6 Å². The quantitative estimate of drug-likeness (QED) is 0.801. The molecule has 21 heavy (non-hydrogen) atoms. The van der Waals surface area contributed by atoms with Crippen LogP contribution in [0.25, 0.3) is 0 Å². The summed E-state index contributed by atoms with van der Waals surface area (Å²) in [6.07, 6.45) is 6.19. The summed E-state index contributed by atoms with van der Waals surface area (Å²) in [5.74, 6) is 1.65. The van der Waals surface area contributed by atoms with E-state index in [0.29, 0.717) is 12.0 Å². The van der Waals surface area contributed by atoms with Crippen LogP contribution in [0.5, 0.6) is 0 Å². The SMILES string of the molecule is Cc1cc(C(=O)N2CCC(C)C3CCCCC32)ccc1N. The molecule has 0 bridgehead atoms. The van der Waals surface area contributed by atoms with Crippen molar-refractivity contribution in [2.75, 3.05) is 12.3 Å². The fourth-order valence-corrected chi connectivity index (χ4v) is 4.14. The Labute approximate surface area is 127 Å². The van der Waals surface area contributed by atoms with Gasteiger partial charge in [0.2, 0.25) is 0 Å². The molecule has 3 nitrogen and oxygen atoms in total. The lowest BCUT2D eigenvalue weighted by atomic mass is 9.72. The van der Waals surface area contributed by atoms with Crippen molar-refractivity contribution in [3.63, 3.8) is 0 Å². The number of likely N-dealkylation sites (tertiary alicyclic amines) is 1. The molecule has 1 aliphatic heterocycles. The highest BCUT2D eigenvalue weighted by molar-refractivity contribution is 5.95. The molecule has 0 radical (unpaired) electrons. The lowest BCUT2D eigenvalue weighted by molar-refractivity contribution is 0.0217. The second kappa shape index (κ2) is 5.70. The zero-order valence-electron chi connectivity index (χ0n) is 13.1. The van der Waals surface area contributed by atoms with E-state index in [1.165, 1.54) is 25.7 Å². The normalized spacial score (nSPS) is 29.0. The summed E-state index contributed by atoms with van der Waals surface area (Å²) in [6.45, 7) is 5.23. The summed E-state index contributed by atoms with van der Waals surface area (Å²) < 4.78 is 0. The number of carbonyl (C=O) groups is 1. The molecule has 3 unspecified atom stereocenters. The minimum absolute atomic E-state index is 0.196. The highest BCUT2D eigenvalue weighted by Crippen LogP contribution is 2.39. The van der Waals surface area contributed by atoms with Crippen molar-refractivity contribution in [3.8, 4) is 0 Å². The largest absolute Gasteiger partial charge is 0.399 e. The zero-order valence-corrected chi connectivity index (χ0v) is 13.1. The van der Waals surface area contributed by atoms with Crippen LogP contribution in [0, 0.1) is 18.8 Å². The number of rotatable bonds is 1. The predicted molar refractivity (Wildman–Crippen MR) is 86.2 cm³/mol. The van der Waals surface area contributed by atoms with Crippen LogP contribution in [0.3, 0.4) is 0 Å². The number of piperidine rings is 1. The van der Waals surface area contributed by atoms with Gasteiger partial charge in [0.25, 0.3) is 5.91 Å². The van der Waals surface area contributed by atoms with Crippen molar-refractivity contribution in [3.05, 3.63) is 29.3 Å². The van der Waals surface area contributed by atoms with Crippen molar-refractivity contribution in [2.24, 2.45) is 11.8 Å². The van der Waals surface area contributed by atoms with Crippen LogP contribution in [0.15, 0.2) is 18.2 Å². The van der Waals surface area contributed by atoms with E-state index in [2.05, 4.69) is 11.8 Å². The molecule has 1 saturated carbocycles. The van der Waals surface area contributed by atoms with Crippen molar-refractivity contribution in [2.45, 2.75) is 52.0 Å². The van der Waals surface area contributed by atoms with Crippen LogP contribution in [0.4, 0.5) is 5.69 Å². The van der Waals surface area contributed by atoms with Crippen molar-refractivity contribution < 1.29 is 4.79 Å². The predicted octanol–water partition coefficient (Wildman–Crippen LogP) is 3.62. The topological polar surface area (TPSA) is 46.3 Å². The van der Waals surface area contributed by atoms with Gasteiger partial charge >= 0.3 is 0 Å². The van der Waals surface area contributed by atoms with Crippen LogP contribution < -0.4 is 5.73 Å². The summed E-state index contributed by atoms with van der Waals surface area (Å²) in [4.78, 5) is 15.1. The van der Waals surface area contributed by atoms with Crippen LogP contribution in [-0.4, -0.2) is 23.4 Å². The molecule has 1 aromatic carbocycles. The van der Waals surface area contributed by atoms with Crippen molar-refractivity contribution >= 4 is 11.6 Å². The van der Waals surface area contributed by atoms with E-state index in [0.717, 1.165) is 35.7 Å². The average molecular weight is 286 g/mol. The Kier molecular flexibility index (Phi) is 3.92. The van der Waals surface area contributed by atoms with E-state index in [4.69, 9.17) is 5.73 Å². The molecule has 3 heteroatoms. The molecule has 1 aromatic rings. The Morgan fingerprint density at radius 1 is 1.24 bits per heavy atom. The van der Waals surface area contributed by atoms with Crippen LogP contribution in [-0.2, 0) is 0 Å². The van der Waals surface area contributed by atoms with Crippen molar-refractivity contribution in [1.29, 1.82) is 0 Å². The maximum atomic E-state index is 12.9. The highest BCUT2D eigenvalue weighted by atomic mass is 16.2. The third-order valence-electron chi connectivity index (χ3n) is 5.52. The van der Waals surface area contributed by atoms with Crippen LogP contribution in [0.2, 0.25) is 0 Å². The second-order valence-electron chi connectivity index (χ2n) is 6.85. The second-order valence-corrected chi connectivity index (χ2v) is 6.85. The minimum atomic E-state index is 0.196. The van der Waals surface area contributed by atoms with Gasteiger partial charge in [-0.15, -0.1) is 0 Å². The molecular formula is C18H26N2O. The van der Waals surface area contributed by atoms with E-state index < -0.39 is 0 Å². The van der Waals surface area contributed by atoms with Gasteiger partial charge in [-0.2, -0.15) is 0 Å². The first-order chi connectivity index (χ1) is 10.1. The number of nitrogen functional groups attached to an aromatic ring is 1. The number of fused-ring (bicyclic) bond motifs is 1. The molecular weight excluding hydrogens is 260 g/mol. The molecule has 2 aliphatic rings. The molecule has 0 spiro atoms. The monoisotopic (exact) mass is 286 g/mol. The molecule has 2 fully saturated rings. The van der Waals surface area contributed by atoms with Crippen molar-refractivity contribution in [1.82, 2.24) is 4.90 Å². The fourth-order valence-electron chi connectivity index (χ4n) is 4.14. The van der Waals surface area contributed by atoms with E-state index in [1.54, 1.807) is 0 Å². The fraction of sp³-hybridized carbons (Fsp3) is 0.611. The molecule has 3 rings (SSSR count). The first kappa shape index (κ1) is 14.4. The van der Waals surface area contributed by atoms with Gasteiger partial charge in [0, 0.05) is 23.8 Å². The Morgan fingerprint density at radius 2 is 2.00 bits per heavy atom. The molecule has 114 valence electrons. The average Bonchev–Trinajstić information content (AvgIpc) is 2.50. The zero-order chi connectivity index (χ0) is 15.0. The Morgan fingerprint density at radius 3 is 2.76 bits per heavy atom. The number of hydrogen-bond acceptors (Lipinski definition) is 2. The summed E-state index contributed by atoms with van der Waals surface area (Å²) in [5, 5.41) is 0. The smallest absolute Gasteiger partial charge is 0.254 e. The van der Waals surface area contributed by atoms with Gasteiger partial charge in [0.15, 0.2) is 0 Å². The third kappa shape index (κ3) is 2.66. The van der Waals surface area contributed by atoms with Gasteiger partial charge in [-0.1, -0.05) is 19.8 Å². The first-order valence-electron chi connectivity index (χ1n) is 8.25. The van der Waals surface area contributed by atoms with E-state index in [-0.39, 0.29) is 5.91 Å². The molecule has 2 N–H and O–H groups in total. The van der Waals surface area contributed by atoms with Gasteiger partial charge in [-0.3, -0.25) is 4.79 Å². The Bertz CT molecular complexity index is 540. The third-order valence-corrected chi connectivity index (χ3v) is 5.52. The van der Waals surface area contributed by atoms with E-state index in [9.17, 15) is 4.79 Å². The maximum absolute atomic E-state index is 12.9. The standard InChI is InChI=1S/C18H26N2O/c1-12-9-10-20(17-6-4-3-5-15(12)17)18(21)14-7-8-16(19)13(2)11-14/h7-8,11-12,15,17H,3-6,9-10,19H2,1-2H3. The number of hydrogen-bond donors (Lipinski definition) is 1. The molecule has 1 saturated heterocycles.